The van der Waals surface area contributed by atoms with E-state index in [1.807, 2.05) is 12.3 Å². The molecular formula is C16H28N4S. The maximum absolute atomic E-state index is 4.62. The van der Waals surface area contributed by atoms with Gasteiger partial charge in [-0.15, -0.1) is 0 Å². The van der Waals surface area contributed by atoms with Gasteiger partial charge in [0.2, 0.25) is 0 Å². The third-order valence-corrected chi connectivity index (χ3v) is 4.69. The fourth-order valence-corrected chi connectivity index (χ4v) is 3.21. The van der Waals surface area contributed by atoms with Crippen LogP contribution in [-0.2, 0) is 0 Å². The van der Waals surface area contributed by atoms with E-state index in [4.69, 9.17) is 0 Å². The second-order valence-electron chi connectivity index (χ2n) is 5.92. The average Bonchev–Trinajstić information content (AvgIpc) is 2.70. The number of rotatable bonds is 6. The molecule has 118 valence electrons. The van der Waals surface area contributed by atoms with Crippen molar-refractivity contribution in [1.82, 2.24) is 9.97 Å². The van der Waals surface area contributed by atoms with Crippen molar-refractivity contribution in [2.24, 2.45) is 5.92 Å². The summed E-state index contributed by atoms with van der Waals surface area (Å²) < 4.78 is 0. The topological polar surface area (TPSA) is 49.8 Å². The molecule has 1 aromatic rings. The van der Waals surface area contributed by atoms with Gasteiger partial charge in [-0.25, -0.2) is 9.97 Å². The fourth-order valence-electron chi connectivity index (χ4n) is 2.83. The highest BCUT2D eigenvalue weighted by Gasteiger charge is 2.20. The maximum atomic E-state index is 4.62. The summed E-state index contributed by atoms with van der Waals surface area (Å²) in [6.07, 6.45) is 9.74. The predicted octanol–water partition coefficient (Wildman–Crippen LogP) is 4.40. The van der Waals surface area contributed by atoms with Crippen LogP contribution in [0.25, 0.3) is 0 Å². The Morgan fingerprint density at radius 3 is 2.71 bits per heavy atom. The van der Waals surface area contributed by atoms with E-state index in [0.717, 1.165) is 29.8 Å². The highest BCUT2D eigenvalue weighted by Crippen LogP contribution is 2.26. The summed E-state index contributed by atoms with van der Waals surface area (Å²) in [6.45, 7) is 5.47. The smallest absolute Gasteiger partial charge is 0.191 e. The Morgan fingerprint density at radius 2 is 1.95 bits per heavy atom. The average molecular weight is 308 g/mol. The van der Waals surface area contributed by atoms with Crippen LogP contribution in [0.5, 0.6) is 0 Å². The Bertz CT molecular complexity index is 438. The minimum absolute atomic E-state index is 0.538. The number of thioether (sulfide) groups is 1. The minimum Gasteiger partial charge on any atom is -0.370 e. The van der Waals surface area contributed by atoms with E-state index in [1.165, 1.54) is 32.1 Å². The molecule has 2 atom stereocenters. The lowest BCUT2D eigenvalue weighted by Gasteiger charge is -2.23. The quantitative estimate of drug-likeness (QED) is 0.463. The number of hydrogen-bond donors (Lipinski definition) is 2. The molecule has 0 amide bonds. The molecule has 21 heavy (non-hydrogen) atoms. The van der Waals surface area contributed by atoms with Crippen LogP contribution in [0, 0.1) is 5.92 Å². The zero-order chi connectivity index (χ0) is 15.1. The van der Waals surface area contributed by atoms with Gasteiger partial charge in [0.1, 0.15) is 11.6 Å². The summed E-state index contributed by atoms with van der Waals surface area (Å²) in [7, 11) is 0. The second kappa shape index (κ2) is 8.47. The molecule has 1 aliphatic carbocycles. The normalized spacial score (nSPS) is 22.6. The van der Waals surface area contributed by atoms with Gasteiger partial charge in [0.25, 0.3) is 0 Å². The lowest BCUT2D eigenvalue weighted by atomic mass is 9.97. The lowest BCUT2D eigenvalue weighted by Crippen LogP contribution is -2.27. The molecule has 1 aromatic heterocycles. The number of aromatic nitrogens is 2. The zero-order valence-corrected chi connectivity index (χ0v) is 14.3. The van der Waals surface area contributed by atoms with Gasteiger partial charge in [-0.3, -0.25) is 0 Å². The fraction of sp³-hybridized carbons (Fsp3) is 0.750. The SMILES string of the molecule is CCCNc1cc(NC2CCCCCC2C)nc(SC)n1. The Kier molecular flexibility index (Phi) is 6.61. The first kappa shape index (κ1) is 16.4. The molecule has 4 nitrogen and oxygen atoms in total. The van der Waals surface area contributed by atoms with E-state index >= 15 is 0 Å². The molecule has 5 heteroatoms. The molecule has 0 spiro atoms. The van der Waals surface area contributed by atoms with Crippen molar-refractivity contribution >= 4 is 23.4 Å². The summed E-state index contributed by atoms with van der Waals surface area (Å²) >= 11 is 1.60. The highest BCUT2D eigenvalue weighted by molar-refractivity contribution is 7.98. The molecular weight excluding hydrogens is 280 g/mol. The van der Waals surface area contributed by atoms with Crippen molar-refractivity contribution in [3.05, 3.63) is 6.07 Å². The van der Waals surface area contributed by atoms with Gasteiger partial charge in [-0.1, -0.05) is 44.9 Å². The predicted molar refractivity (Wildman–Crippen MR) is 92.3 cm³/mol. The van der Waals surface area contributed by atoms with E-state index in [-0.39, 0.29) is 0 Å². The number of hydrogen-bond acceptors (Lipinski definition) is 5. The first-order valence-electron chi connectivity index (χ1n) is 8.16. The van der Waals surface area contributed by atoms with E-state index in [9.17, 15) is 0 Å². The van der Waals surface area contributed by atoms with Crippen molar-refractivity contribution in [3.63, 3.8) is 0 Å². The van der Waals surface area contributed by atoms with E-state index in [1.54, 1.807) is 11.8 Å². The van der Waals surface area contributed by atoms with Crippen LogP contribution in [-0.4, -0.2) is 28.8 Å². The van der Waals surface area contributed by atoms with Gasteiger partial charge < -0.3 is 10.6 Å². The molecule has 0 radical (unpaired) electrons. The molecule has 0 aromatic carbocycles. The van der Waals surface area contributed by atoms with Crippen LogP contribution in [0.2, 0.25) is 0 Å². The summed E-state index contributed by atoms with van der Waals surface area (Å²) in [6, 6.07) is 2.59. The number of nitrogens with one attached hydrogen (secondary N) is 2. The van der Waals surface area contributed by atoms with Crippen molar-refractivity contribution in [3.8, 4) is 0 Å². The third-order valence-electron chi connectivity index (χ3n) is 4.14. The monoisotopic (exact) mass is 308 g/mol. The molecule has 1 aliphatic rings. The maximum Gasteiger partial charge on any atom is 0.191 e. The zero-order valence-electron chi connectivity index (χ0n) is 13.5. The van der Waals surface area contributed by atoms with Crippen molar-refractivity contribution in [2.45, 2.75) is 63.6 Å². The Hall–Kier alpha value is -0.970. The second-order valence-corrected chi connectivity index (χ2v) is 6.69. The third kappa shape index (κ3) is 5.06. The van der Waals surface area contributed by atoms with E-state index in [2.05, 4.69) is 34.4 Å². The first-order chi connectivity index (χ1) is 10.2. The van der Waals surface area contributed by atoms with Gasteiger partial charge in [0.05, 0.1) is 0 Å². The summed E-state index contributed by atoms with van der Waals surface area (Å²) in [4.78, 5) is 9.14. The van der Waals surface area contributed by atoms with E-state index in [0.29, 0.717) is 12.0 Å². The number of anilines is 2. The standard InChI is InChI=1S/C16H28N4S/c1-4-10-17-14-11-15(20-16(19-14)21-3)18-13-9-7-5-6-8-12(13)2/h11-13H,4-10H2,1-3H3,(H2,17,18,19,20). The lowest BCUT2D eigenvalue weighted by molar-refractivity contribution is 0.455. The summed E-state index contributed by atoms with van der Waals surface area (Å²) in [5.74, 6) is 2.61. The first-order valence-corrected chi connectivity index (χ1v) is 9.39. The van der Waals surface area contributed by atoms with Crippen LogP contribution in [0.1, 0.15) is 52.4 Å². The van der Waals surface area contributed by atoms with Crippen molar-refractivity contribution in [1.29, 1.82) is 0 Å². The molecule has 0 aliphatic heterocycles. The summed E-state index contributed by atoms with van der Waals surface area (Å²) in [5, 5.41) is 7.86. The van der Waals surface area contributed by atoms with Gasteiger partial charge in [-0.2, -0.15) is 0 Å². The van der Waals surface area contributed by atoms with Crippen LogP contribution in [0.3, 0.4) is 0 Å². The van der Waals surface area contributed by atoms with Gasteiger partial charge >= 0.3 is 0 Å². The molecule has 2 rings (SSSR count). The Morgan fingerprint density at radius 1 is 1.19 bits per heavy atom. The van der Waals surface area contributed by atoms with Crippen molar-refractivity contribution < 1.29 is 0 Å². The Balaban J connectivity index is 2.09. The summed E-state index contributed by atoms with van der Waals surface area (Å²) in [5.41, 5.74) is 0. The van der Waals surface area contributed by atoms with Crippen molar-refractivity contribution in [2.75, 3.05) is 23.4 Å². The van der Waals surface area contributed by atoms with Crippen LogP contribution >= 0.6 is 11.8 Å². The molecule has 0 bridgehead atoms. The Labute approximate surface area is 132 Å². The molecule has 1 heterocycles. The van der Waals surface area contributed by atoms with Crippen LogP contribution in [0.4, 0.5) is 11.6 Å². The van der Waals surface area contributed by atoms with Crippen LogP contribution in [0.15, 0.2) is 11.2 Å². The number of nitrogens with zero attached hydrogens (tertiary/aromatic N) is 2. The molecule has 1 fully saturated rings. The van der Waals surface area contributed by atoms with Gasteiger partial charge in [0, 0.05) is 18.7 Å². The molecule has 2 N–H and O–H groups in total. The van der Waals surface area contributed by atoms with Crippen LogP contribution < -0.4 is 10.6 Å². The molecule has 0 saturated heterocycles. The minimum atomic E-state index is 0.538. The highest BCUT2D eigenvalue weighted by atomic mass is 32.2. The van der Waals surface area contributed by atoms with E-state index < -0.39 is 0 Å². The largest absolute Gasteiger partial charge is 0.370 e. The molecule has 1 saturated carbocycles. The van der Waals surface area contributed by atoms with Gasteiger partial charge in [0.15, 0.2) is 5.16 Å². The van der Waals surface area contributed by atoms with Gasteiger partial charge in [-0.05, 0) is 31.4 Å². The molecule has 2 unspecified atom stereocenters.